The molecule has 0 fully saturated rings. The molecule has 0 aliphatic heterocycles. The van der Waals surface area contributed by atoms with Crippen LogP contribution < -0.4 is 0 Å². The molecular formula is C14H22N2O2S. The Morgan fingerprint density at radius 3 is 2.89 bits per heavy atom. The molecule has 1 aromatic heterocycles. The van der Waals surface area contributed by atoms with Crippen molar-refractivity contribution in [3.8, 4) is 0 Å². The zero-order valence-corrected chi connectivity index (χ0v) is 12.4. The quantitative estimate of drug-likeness (QED) is 0.736. The monoisotopic (exact) mass is 282 g/mol. The van der Waals surface area contributed by atoms with Gasteiger partial charge in [0.25, 0.3) is 0 Å². The van der Waals surface area contributed by atoms with Crippen LogP contribution in [0.15, 0.2) is 30.2 Å². The SMILES string of the molecule is C=CCN(Cc1cccs1)C(=O)CN(C)CC(C)O. The molecule has 0 radical (unpaired) electrons. The largest absolute Gasteiger partial charge is 0.392 e. The van der Waals surface area contributed by atoms with Crippen LogP contribution in [0.3, 0.4) is 0 Å². The lowest BCUT2D eigenvalue weighted by molar-refractivity contribution is -0.132. The van der Waals surface area contributed by atoms with Crippen molar-refractivity contribution in [1.82, 2.24) is 9.80 Å². The second-order valence-corrected chi connectivity index (χ2v) is 5.72. The molecule has 1 rings (SSSR count). The van der Waals surface area contributed by atoms with Gasteiger partial charge in [0, 0.05) is 18.0 Å². The third-order valence-electron chi connectivity index (χ3n) is 2.61. The first-order chi connectivity index (χ1) is 9.02. The number of aliphatic hydroxyl groups is 1. The van der Waals surface area contributed by atoms with Crippen LogP contribution >= 0.6 is 11.3 Å². The Balaban J connectivity index is 2.55. The molecule has 1 amide bonds. The van der Waals surface area contributed by atoms with Gasteiger partial charge >= 0.3 is 0 Å². The summed E-state index contributed by atoms with van der Waals surface area (Å²) >= 11 is 1.64. The van der Waals surface area contributed by atoms with Gasteiger partial charge in [0.15, 0.2) is 0 Å². The third-order valence-corrected chi connectivity index (χ3v) is 3.47. The molecule has 106 valence electrons. The molecule has 0 aromatic carbocycles. The van der Waals surface area contributed by atoms with E-state index in [-0.39, 0.29) is 5.91 Å². The number of carbonyl (C=O) groups excluding carboxylic acids is 1. The van der Waals surface area contributed by atoms with Gasteiger partial charge < -0.3 is 10.0 Å². The van der Waals surface area contributed by atoms with Crippen molar-refractivity contribution in [2.45, 2.75) is 19.6 Å². The molecule has 0 bridgehead atoms. The smallest absolute Gasteiger partial charge is 0.237 e. The van der Waals surface area contributed by atoms with Crippen LogP contribution in [-0.4, -0.2) is 53.6 Å². The average Bonchev–Trinajstić information content (AvgIpc) is 2.79. The summed E-state index contributed by atoms with van der Waals surface area (Å²) in [6.45, 7) is 7.37. The highest BCUT2D eigenvalue weighted by atomic mass is 32.1. The van der Waals surface area contributed by atoms with Crippen LogP contribution in [0.4, 0.5) is 0 Å². The van der Waals surface area contributed by atoms with Crippen molar-refractivity contribution in [2.24, 2.45) is 0 Å². The third kappa shape index (κ3) is 6.00. The zero-order chi connectivity index (χ0) is 14.3. The van der Waals surface area contributed by atoms with Crippen molar-refractivity contribution in [3.05, 3.63) is 35.0 Å². The van der Waals surface area contributed by atoms with Crippen molar-refractivity contribution in [2.75, 3.05) is 26.7 Å². The van der Waals surface area contributed by atoms with E-state index in [9.17, 15) is 9.90 Å². The molecule has 4 nitrogen and oxygen atoms in total. The Labute approximate surface area is 119 Å². The molecule has 0 aliphatic rings. The van der Waals surface area contributed by atoms with Gasteiger partial charge in [-0.25, -0.2) is 0 Å². The minimum Gasteiger partial charge on any atom is -0.392 e. The molecule has 1 atom stereocenters. The summed E-state index contributed by atoms with van der Waals surface area (Å²) in [5.41, 5.74) is 0. The predicted octanol–water partition coefficient (Wildman–Crippen LogP) is 1.58. The fourth-order valence-electron chi connectivity index (χ4n) is 1.85. The Kier molecular flexibility index (Phi) is 6.77. The molecule has 1 aromatic rings. The van der Waals surface area contributed by atoms with Crippen LogP contribution in [0.25, 0.3) is 0 Å². The highest BCUT2D eigenvalue weighted by molar-refractivity contribution is 7.09. The average molecular weight is 282 g/mol. The summed E-state index contributed by atoms with van der Waals surface area (Å²) in [6, 6.07) is 4.00. The minimum absolute atomic E-state index is 0.0523. The van der Waals surface area contributed by atoms with E-state index in [0.717, 1.165) is 4.88 Å². The van der Waals surface area contributed by atoms with Gasteiger partial charge in [-0.2, -0.15) is 0 Å². The van der Waals surface area contributed by atoms with E-state index in [2.05, 4.69) is 6.58 Å². The summed E-state index contributed by atoms with van der Waals surface area (Å²) in [5, 5.41) is 11.3. The number of rotatable bonds is 8. The van der Waals surface area contributed by atoms with Crippen LogP contribution in [0.2, 0.25) is 0 Å². The first-order valence-corrected chi connectivity index (χ1v) is 7.18. The number of hydrogen-bond donors (Lipinski definition) is 1. The van der Waals surface area contributed by atoms with E-state index in [0.29, 0.717) is 26.2 Å². The van der Waals surface area contributed by atoms with Gasteiger partial charge in [0.1, 0.15) is 0 Å². The summed E-state index contributed by atoms with van der Waals surface area (Å²) < 4.78 is 0. The van der Waals surface area contributed by atoms with Crippen molar-refractivity contribution < 1.29 is 9.90 Å². The maximum atomic E-state index is 12.2. The number of amides is 1. The van der Waals surface area contributed by atoms with Crippen LogP contribution in [0.1, 0.15) is 11.8 Å². The van der Waals surface area contributed by atoms with Crippen LogP contribution in [0.5, 0.6) is 0 Å². The molecule has 0 spiro atoms. The van der Waals surface area contributed by atoms with E-state index in [1.165, 1.54) is 0 Å². The molecule has 1 unspecified atom stereocenters. The fraction of sp³-hybridized carbons (Fsp3) is 0.500. The normalized spacial score (nSPS) is 12.4. The highest BCUT2D eigenvalue weighted by Gasteiger charge is 2.16. The first kappa shape index (κ1) is 15.9. The van der Waals surface area contributed by atoms with E-state index < -0.39 is 6.10 Å². The fourth-order valence-corrected chi connectivity index (χ4v) is 2.57. The summed E-state index contributed by atoms with van der Waals surface area (Å²) in [5.74, 6) is 0.0523. The number of carbonyl (C=O) groups is 1. The Morgan fingerprint density at radius 1 is 1.63 bits per heavy atom. The van der Waals surface area contributed by atoms with Gasteiger partial charge in [-0.05, 0) is 25.4 Å². The number of hydrogen-bond acceptors (Lipinski definition) is 4. The lowest BCUT2D eigenvalue weighted by Gasteiger charge is -2.24. The molecular weight excluding hydrogens is 260 g/mol. The second-order valence-electron chi connectivity index (χ2n) is 4.69. The van der Waals surface area contributed by atoms with E-state index in [1.807, 2.05) is 29.5 Å². The Hall–Kier alpha value is -1.17. The molecule has 1 heterocycles. The molecule has 0 aliphatic carbocycles. The Bertz CT molecular complexity index is 390. The first-order valence-electron chi connectivity index (χ1n) is 6.30. The van der Waals surface area contributed by atoms with Crippen molar-refractivity contribution in [1.29, 1.82) is 0 Å². The summed E-state index contributed by atoms with van der Waals surface area (Å²) in [6.07, 6.45) is 1.31. The highest BCUT2D eigenvalue weighted by Crippen LogP contribution is 2.12. The summed E-state index contributed by atoms with van der Waals surface area (Å²) in [4.78, 5) is 17.0. The predicted molar refractivity (Wildman–Crippen MR) is 79.1 cm³/mol. The Morgan fingerprint density at radius 2 is 2.37 bits per heavy atom. The summed E-state index contributed by atoms with van der Waals surface area (Å²) in [7, 11) is 1.84. The topological polar surface area (TPSA) is 43.8 Å². The van der Waals surface area contributed by atoms with E-state index in [4.69, 9.17) is 0 Å². The minimum atomic E-state index is -0.428. The lowest BCUT2D eigenvalue weighted by atomic mass is 10.3. The van der Waals surface area contributed by atoms with Crippen LogP contribution in [0, 0.1) is 0 Å². The van der Waals surface area contributed by atoms with Gasteiger partial charge in [-0.1, -0.05) is 12.1 Å². The van der Waals surface area contributed by atoms with Crippen molar-refractivity contribution in [3.63, 3.8) is 0 Å². The van der Waals surface area contributed by atoms with E-state index >= 15 is 0 Å². The maximum Gasteiger partial charge on any atom is 0.237 e. The van der Waals surface area contributed by atoms with Crippen LogP contribution in [-0.2, 0) is 11.3 Å². The molecule has 0 saturated carbocycles. The number of likely N-dealkylation sites (N-methyl/N-ethyl adjacent to an activating group) is 1. The lowest BCUT2D eigenvalue weighted by Crippen LogP contribution is -2.40. The second kappa shape index (κ2) is 8.09. The zero-order valence-electron chi connectivity index (χ0n) is 11.6. The number of nitrogens with zero attached hydrogens (tertiary/aromatic N) is 2. The maximum absolute atomic E-state index is 12.2. The molecule has 5 heteroatoms. The molecule has 0 saturated heterocycles. The van der Waals surface area contributed by atoms with Gasteiger partial charge in [0.2, 0.25) is 5.91 Å². The molecule has 19 heavy (non-hydrogen) atoms. The standard InChI is InChI=1S/C14H22N2O2S/c1-4-7-16(10-13-6-5-8-19-13)14(18)11-15(3)9-12(2)17/h4-6,8,12,17H,1,7,9-11H2,2-3H3. The van der Waals surface area contributed by atoms with Gasteiger partial charge in [-0.3, -0.25) is 9.69 Å². The van der Waals surface area contributed by atoms with Gasteiger partial charge in [-0.15, -0.1) is 17.9 Å². The molecule has 1 N–H and O–H groups in total. The van der Waals surface area contributed by atoms with Crippen molar-refractivity contribution >= 4 is 17.2 Å². The van der Waals surface area contributed by atoms with Gasteiger partial charge in [0.05, 0.1) is 19.2 Å². The number of aliphatic hydroxyl groups excluding tert-OH is 1. The number of thiophene rings is 1. The van der Waals surface area contributed by atoms with E-state index in [1.54, 1.807) is 29.2 Å².